The number of thioether (sulfide) groups is 1. The van der Waals surface area contributed by atoms with Crippen molar-refractivity contribution in [3.63, 3.8) is 0 Å². The Hall–Kier alpha value is -1.41. The molecule has 132 valence electrons. The summed E-state index contributed by atoms with van der Waals surface area (Å²) < 4.78 is 8.44. The summed E-state index contributed by atoms with van der Waals surface area (Å²) in [6, 6.07) is 13.8. The molecule has 2 aromatic rings. The fourth-order valence-electron chi connectivity index (χ4n) is 2.23. The lowest BCUT2D eigenvalue weighted by Crippen LogP contribution is -2.17. The summed E-state index contributed by atoms with van der Waals surface area (Å²) in [6.07, 6.45) is 5.48. The van der Waals surface area contributed by atoms with Gasteiger partial charge in [0.2, 0.25) is 0 Å². The second-order valence-corrected chi connectivity index (χ2v) is 8.78. The minimum Gasteiger partial charge on any atom is -0.488 e. The zero-order valence-corrected chi connectivity index (χ0v) is 18.2. The van der Waals surface area contributed by atoms with Crippen LogP contribution in [0.3, 0.4) is 0 Å². The Morgan fingerprint density at radius 1 is 1.19 bits per heavy atom. The molecule has 1 fully saturated rings. The van der Waals surface area contributed by atoms with Crippen molar-refractivity contribution in [1.29, 1.82) is 0 Å². The van der Waals surface area contributed by atoms with Gasteiger partial charge in [-0.25, -0.2) is 0 Å². The van der Waals surface area contributed by atoms with E-state index in [1.165, 1.54) is 11.8 Å². The number of hydrogen-bond donors (Lipinski definition) is 1. The molecule has 0 aromatic heterocycles. The van der Waals surface area contributed by atoms with Gasteiger partial charge >= 0.3 is 0 Å². The van der Waals surface area contributed by atoms with Crippen molar-refractivity contribution in [2.75, 3.05) is 0 Å². The van der Waals surface area contributed by atoms with E-state index in [2.05, 4.69) is 37.2 Å². The molecule has 0 spiro atoms. The van der Waals surface area contributed by atoms with Crippen molar-refractivity contribution in [2.45, 2.75) is 6.61 Å². The molecule has 2 aromatic carbocycles. The Kier molecular flexibility index (Phi) is 6.69. The number of nitrogens with one attached hydrogen (secondary N) is 1. The Morgan fingerprint density at radius 3 is 2.73 bits per heavy atom. The normalized spacial score (nSPS) is 15.7. The molecule has 3 rings (SSSR count). The first kappa shape index (κ1) is 19.4. The maximum Gasteiger partial charge on any atom is 0.263 e. The van der Waals surface area contributed by atoms with Crippen LogP contribution in [0.1, 0.15) is 11.1 Å². The number of amides is 1. The van der Waals surface area contributed by atoms with Gasteiger partial charge in [0, 0.05) is 20.1 Å². The lowest BCUT2D eigenvalue weighted by molar-refractivity contribution is -0.115. The molecule has 0 bridgehead atoms. The van der Waals surface area contributed by atoms with Crippen LogP contribution >= 0.6 is 55.8 Å². The van der Waals surface area contributed by atoms with Crippen molar-refractivity contribution in [3.05, 3.63) is 79.6 Å². The Balaban J connectivity index is 1.77. The lowest BCUT2D eigenvalue weighted by Gasteiger charge is -2.11. The van der Waals surface area contributed by atoms with Gasteiger partial charge in [-0.1, -0.05) is 86.2 Å². The summed E-state index contributed by atoms with van der Waals surface area (Å²) in [6.45, 7) is 0.456. The number of carbonyl (C=O) groups excluding carboxylic acids is 1. The molecule has 3 nitrogen and oxygen atoms in total. The van der Waals surface area contributed by atoms with Crippen LogP contribution < -0.4 is 10.1 Å². The second kappa shape index (κ2) is 8.99. The van der Waals surface area contributed by atoms with Crippen molar-refractivity contribution in [2.24, 2.45) is 0 Å². The zero-order chi connectivity index (χ0) is 18.5. The Labute approximate surface area is 178 Å². The number of benzene rings is 2. The summed E-state index contributed by atoms with van der Waals surface area (Å²) in [5.74, 6) is 0.599. The highest BCUT2D eigenvalue weighted by Crippen LogP contribution is 2.27. The van der Waals surface area contributed by atoms with Crippen LogP contribution in [0.2, 0.25) is 0 Å². The number of rotatable bonds is 5. The van der Waals surface area contributed by atoms with Crippen molar-refractivity contribution in [1.82, 2.24) is 5.32 Å². The summed E-state index contributed by atoms with van der Waals surface area (Å²) in [5.41, 5.74) is 1.98. The SMILES string of the molecule is O=C1NC(=S)S/C1=C\C=C\c1cc(Br)ccc1OCc1ccccc1Br. The van der Waals surface area contributed by atoms with E-state index in [9.17, 15) is 4.79 Å². The van der Waals surface area contributed by atoms with E-state index in [1.807, 2.05) is 54.6 Å². The molecule has 26 heavy (non-hydrogen) atoms. The highest BCUT2D eigenvalue weighted by Gasteiger charge is 2.21. The molecular weight excluding hydrogens is 498 g/mol. The number of carbonyl (C=O) groups is 1. The average molecular weight is 511 g/mol. The van der Waals surface area contributed by atoms with E-state index in [1.54, 1.807) is 6.08 Å². The number of hydrogen-bond acceptors (Lipinski definition) is 4. The first-order chi connectivity index (χ1) is 12.5. The van der Waals surface area contributed by atoms with Gasteiger partial charge in [0.05, 0.1) is 4.91 Å². The van der Waals surface area contributed by atoms with Gasteiger partial charge in [0.25, 0.3) is 5.91 Å². The quantitative estimate of drug-likeness (QED) is 0.405. The monoisotopic (exact) mass is 509 g/mol. The minimum absolute atomic E-state index is 0.163. The van der Waals surface area contributed by atoms with Gasteiger partial charge in [-0.3, -0.25) is 4.79 Å². The molecular formula is C19H13Br2NO2S2. The van der Waals surface area contributed by atoms with Crippen LogP contribution in [0.25, 0.3) is 6.08 Å². The summed E-state index contributed by atoms with van der Waals surface area (Å²) in [7, 11) is 0. The first-order valence-corrected chi connectivity index (χ1v) is 10.4. The van der Waals surface area contributed by atoms with Crippen molar-refractivity contribution in [3.8, 4) is 5.75 Å². The van der Waals surface area contributed by atoms with E-state index in [-0.39, 0.29) is 5.91 Å². The summed E-state index contributed by atoms with van der Waals surface area (Å²) >= 11 is 13.3. The van der Waals surface area contributed by atoms with Crippen LogP contribution in [0.5, 0.6) is 5.75 Å². The van der Waals surface area contributed by atoms with Gasteiger partial charge in [-0.2, -0.15) is 0 Å². The van der Waals surface area contributed by atoms with Gasteiger partial charge in [0.15, 0.2) is 0 Å². The fourth-order valence-corrected chi connectivity index (χ4v) is 4.00. The smallest absolute Gasteiger partial charge is 0.263 e. The van der Waals surface area contributed by atoms with Crippen LogP contribution in [0.15, 0.2) is 68.5 Å². The molecule has 0 radical (unpaired) electrons. The molecule has 0 atom stereocenters. The molecule has 1 aliphatic heterocycles. The average Bonchev–Trinajstić information content (AvgIpc) is 2.93. The standard InChI is InChI=1S/C19H13Br2NO2S2/c20-14-8-9-16(24-11-13-4-1-2-6-15(13)21)12(10-14)5-3-7-17-18(23)22-19(25)26-17/h1-10H,11H2,(H,22,23,25)/b5-3+,17-7-. The largest absolute Gasteiger partial charge is 0.488 e. The highest BCUT2D eigenvalue weighted by molar-refractivity contribution is 9.10. The number of halogens is 2. The summed E-state index contributed by atoms with van der Waals surface area (Å²) in [5, 5.41) is 2.60. The summed E-state index contributed by atoms with van der Waals surface area (Å²) in [4.78, 5) is 12.3. The van der Waals surface area contributed by atoms with E-state index < -0.39 is 0 Å². The van der Waals surface area contributed by atoms with Crippen LogP contribution in [-0.4, -0.2) is 10.2 Å². The lowest BCUT2D eigenvalue weighted by atomic mass is 10.2. The van der Waals surface area contributed by atoms with Crippen molar-refractivity contribution >= 4 is 72.1 Å². The van der Waals surface area contributed by atoms with Crippen LogP contribution in [0.4, 0.5) is 0 Å². The van der Waals surface area contributed by atoms with Gasteiger partial charge in [-0.15, -0.1) is 0 Å². The Bertz CT molecular complexity index is 926. The van der Waals surface area contributed by atoms with Gasteiger partial charge in [0.1, 0.15) is 16.7 Å². The van der Waals surface area contributed by atoms with Gasteiger partial charge < -0.3 is 10.1 Å². The topological polar surface area (TPSA) is 38.3 Å². The van der Waals surface area contributed by atoms with Crippen molar-refractivity contribution < 1.29 is 9.53 Å². The molecule has 0 unspecified atom stereocenters. The molecule has 1 heterocycles. The molecule has 1 saturated heterocycles. The maximum atomic E-state index is 11.7. The molecule has 0 saturated carbocycles. The van der Waals surface area contributed by atoms with E-state index in [0.717, 1.165) is 25.8 Å². The molecule has 0 aliphatic carbocycles. The van der Waals surface area contributed by atoms with E-state index in [4.69, 9.17) is 17.0 Å². The van der Waals surface area contributed by atoms with E-state index in [0.29, 0.717) is 15.8 Å². The van der Waals surface area contributed by atoms with E-state index >= 15 is 0 Å². The first-order valence-electron chi connectivity index (χ1n) is 7.60. The Morgan fingerprint density at radius 2 is 2.00 bits per heavy atom. The highest BCUT2D eigenvalue weighted by atomic mass is 79.9. The van der Waals surface area contributed by atoms with Crippen LogP contribution in [0, 0.1) is 0 Å². The molecule has 1 amide bonds. The maximum absolute atomic E-state index is 11.7. The van der Waals surface area contributed by atoms with Gasteiger partial charge in [-0.05, 0) is 30.3 Å². The predicted molar refractivity (Wildman–Crippen MR) is 118 cm³/mol. The fraction of sp³-hybridized carbons (Fsp3) is 0.0526. The third-order valence-corrected chi connectivity index (χ3v) is 5.93. The molecule has 1 aliphatic rings. The second-order valence-electron chi connectivity index (χ2n) is 5.30. The zero-order valence-electron chi connectivity index (χ0n) is 13.4. The number of allylic oxidation sites excluding steroid dienone is 2. The molecule has 1 N–H and O–H groups in total. The number of ether oxygens (including phenoxy) is 1. The minimum atomic E-state index is -0.163. The van der Waals surface area contributed by atoms with Crippen LogP contribution in [-0.2, 0) is 11.4 Å². The third-order valence-electron chi connectivity index (χ3n) is 3.48. The predicted octanol–water partition coefficient (Wildman–Crippen LogP) is 5.84. The third kappa shape index (κ3) is 5.07. The molecule has 7 heteroatoms. The number of thiocarbonyl (C=S) groups is 1.